The van der Waals surface area contributed by atoms with Gasteiger partial charge in [0.25, 0.3) is 0 Å². The summed E-state index contributed by atoms with van der Waals surface area (Å²) in [5, 5.41) is 12.7. The Labute approximate surface area is 173 Å². The van der Waals surface area contributed by atoms with E-state index in [1.807, 2.05) is 17.0 Å². The minimum absolute atomic E-state index is 0.221. The number of likely N-dealkylation sites (tertiary alicyclic amines) is 1. The van der Waals surface area contributed by atoms with Crippen LogP contribution in [0.25, 0.3) is 11.3 Å². The SMILES string of the molecule is Cc1ccc(-c2cc(CCCNCCCN3CCCC3=O)nc(C#N)n2)cc1C. The maximum absolute atomic E-state index is 11.6. The molecule has 1 aromatic heterocycles. The molecule has 2 aromatic rings. The largest absolute Gasteiger partial charge is 0.343 e. The zero-order chi connectivity index (χ0) is 20.6. The second-order valence-electron chi connectivity index (χ2n) is 7.67. The number of carbonyl (C=O) groups excluding carboxylic acids is 1. The average Bonchev–Trinajstić information content (AvgIpc) is 3.13. The third-order valence-corrected chi connectivity index (χ3v) is 5.42. The van der Waals surface area contributed by atoms with Crippen LogP contribution >= 0.6 is 0 Å². The first kappa shape index (κ1) is 20.9. The third kappa shape index (κ3) is 5.85. The van der Waals surface area contributed by atoms with E-state index in [9.17, 15) is 10.1 Å². The Hall–Kier alpha value is -2.78. The lowest BCUT2D eigenvalue weighted by Gasteiger charge is -2.15. The number of nitriles is 1. The zero-order valence-corrected chi connectivity index (χ0v) is 17.4. The van der Waals surface area contributed by atoms with Crippen LogP contribution < -0.4 is 5.32 Å². The van der Waals surface area contributed by atoms with Gasteiger partial charge in [0.2, 0.25) is 11.7 Å². The Bertz CT molecular complexity index is 903. The molecule has 0 atom stereocenters. The number of amides is 1. The molecular weight excluding hydrogens is 362 g/mol. The van der Waals surface area contributed by atoms with Crippen LogP contribution in [-0.2, 0) is 11.2 Å². The molecule has 0 saturated carbocycles. The maximum atomic E-state index is 11.6. The van der Waals surface area contributed by atoms with Crippen molar-refractivity contribution < 1.29 is 4.79 Å². The van der Waals surface area contributed by atoms with Gasteiger partial charge in [0.05, 0.1) is 5.69 Å². The van der Waals surface area contributed by atoms with Crippen molar-refractivity contribution in [3.63, 3.8) is 0 Å². The van der Waals surface area contributed by atoms with Crippen molar-refractivity contribution in [3.8, 4) is 17.3 Å². The van der Waals surface area contributed by atoms with Crippen LogP contribution in [-0.4, -0.2) is 47.0 Å². The fourth-order valence-electron chi connectivity index (χ4n) is 3.58. The van der Waals surface area contributed by atoms with Gasteiger partial charge in [-0.2, -0.15) is 5.26 Å². The van der Waals surface area contributed by atoms with Crippen LogP contribution in [0.5, 0.6) is 0 Å². The second kappa shape index (κ2) is 10.1. The molecular formula is C23H29N5O. The normalized spacial score (nSPS) is 13.7. The fourth-order valence-corrected chi connectivity index (χ4v) is 3.58. The minimum atomic E-state index is 0.221. The van der Waals surface area contributed by atoms with Crippen LogP contribution in [0.3, 0.4) is 0 Å². The van der Waals surface area contributed by atoms with E-state index in [2.05, 4.69) is 47.3 Å². The summed E-state index contributed by atoms with van der Waals surface area (Å²) in [4.78, 5) is 22.3. The van der Waals surface area contributed by atoms with Crippen molar-refractivity contribution in [1.29, 1.82) is 5.26 Å². The average molecular weight is 392 g/mol. The summed E-state index contributed by atoms with van der Waals surface area (Å²) in [7, 11) is 0. The molecule has 2 heterocycles. The van der Waals surface area contributed by atoms with E-state index in [0.717, 1.165) is 68.8 Å². The van der Waals surface area contributed by atoms with Crippen molar-refractivity contribution in [2.75, 3.05) is 26.2 Å². The molecule has 29 heavy (non-hydrogen) atoms. The molecule has 6 nitrogen and oxygen atoms in total. The first-order valence-corrected chi connectivity index (χ1v) is 10.4. The number of hydrogen-bond donors (Lipinski definition) is 1. The lowest BCUT2D eigenvalue weighted by Crippen LogP contribution is -2.28. The van der Waals surface area contributed by atoms with Crippen LogP contribution in [0.1, 0.15) is 48.3 Å². The topological polar surface area (TPSA) is 81.9 Å². The Morgan fingerprint density at radius 3 is 2.69 bits per heavy atom. The molecule has 3 rings (SSSR count). The first-order valence-electron chi connectivity index (χ1n) is 10.4. The molecule has 0 unspecified atom stereocenters. The predicted molar refractivity (Wildman–Crippen MR) is 113 cm³/mol. The van der Waals surface area contributed by atoms with Gasteiger partial charge in [-0.25, -0.2) is 9.97 Å². The number of rotatable bonds is 9. The van der Waals surface area contributed by atoms with Crippen molar-refractivity contribution in [3.05, 3.63) is 46.9 Å². The highest BCUT2D eigenvalue weighted by Crippen LogP contribution is 2.21. The molecule has 1 fully saturated rings. The smallest absolute Gasteiger partial charge is 0.232 e. The Kier molecular flexibility index (Phi) is 7.31. The van der Waals surface area contributed by atoms with Crippen LogP contribution in [0, 0.1) is 25.2 Å². The van der Waals surface area contributed by atoms with Gasteiger partial charge in [-0.3, -0.25) is 4.79 Å². The van der Waals surface area contributed by atoms with Gasteiger partial charge >= 0.3 is 0 Å². The van der Waals surface area contributed by atoms with Crippen LogP contribution in [0.4, 0.5) is 0 Å². The monoisotopic (exact) mass is 391 g/mol. The van der Waals surface area contributed by atoms with Gasteiger partial charge in [0, 0.05) is 30.8 Å². The summed E-state index contributed by atoms with van der Waals surface area (Å²) >= 11 is 0. The predicted octanol–water partition coefficient (Wildman–Crippen LogP) is 3.17. The number of aryl methyl sites for hydroxylation is 3. The van der Waals surface area contributed by atoms with E-state index in [1.54, 1.807) is 0 Å². The standard InChI is InChI=1S/C23H29N5O/c1-17-8-9-19(14-18(17)2)21-15-20(26-22(16-24)27-21)6-3-10-25-11-5-13-28-12-4-7-23(28)29/h8-9,14-15,25H,3-7,10-13H2,1-2H3. The number of aromatic nitrogens is 2. The van der Waals surface area contributed by atoms with E-state index in [0.29, 0.717) is 12.3 Å². The Morgan fingerprint density at radius 2 is 1.97 bits per heavy atom. The van der Waals surface area contributed by atoms with E-state index >= 15 is 0 Å². The van der Waals surface area contributed by atoms with Gasteiger partial charge < -0.3 is 10.2 Å². The number of nitrogens with one attached hydrogen (secondary N) is 1. The Morgan fingerprint density at radius 1 is 1.14 bits per heavy atom. The summed E-state index contributed by atoms with van der Waals surface area (Å²) < 4.78 is 0. The third-order valence-electron chi connectivity index (χ3n) is 5.42. The van der Waals surface area contributed by atoms with E-state index < -0.39 is 0 Å². The van der Waals surface area contributed by atoms with Gasteiger partial charge in [-0.1, -0.05) is 12.1 Å². The number of hydrogen-bond acceptors (Lipinski definition) is 5. The fraction of sp³-hybridized carbons (Fsp3) is 0.478. The molecule has 0 radical (unpaired) electrons. The molecule has 1 aliphatic rings. The van der Waals surface area contributed by atoms with Gasteiger partial charge in [-0.15, -0.1) is 0 Å². The van der Waals surface area contributed by atoms with Gasteiger partial charge in [-0.05, 0) is 75.9 Å². The van der Waals surface area contributed by atoms with Crippen molar-refractivity contribution in [2.24, 2.45) is 0 Å². The van der Waals surface area contributed by atoms with Crippen molar-refractivity contribution in [1.82, 2.24) is 20.2 Å². The van der Waals surface area contributed by atoms with E-state index in [-0.39, 0.29) is 5.82 Å². The number of nitrogens with zero attached hydrogens (tertiary/aromatic N) is 4. The lowest BCUT2D eigenvalue weighted by atomic mass is 10.0. The highest BCUT2D eigenvalue weighted by molar-refractivity contribution is 5.78. The minimum Gasteiger partial charge on any atom is -0.343 e. The number of carbonyl (C=O) groups is 1. The van der Waals surface area contributed by atoms with Crippen molar-refractivity contribution >= 4 is 5.91 Å². The van der Waals surface area contributed by atoms with E-state index in [4.69, 9.17) is 0 Å². The molecule has 0 spiro atoms. The molecule has 0 bridgehead atoms. The molecule has 1 saturated heterocycles. The molecule has 1 aliphatic heterocycles. The van der Waals surface area contributed by atoms with Crippen LogP contribution in [0.2, 0.25) is 0 Å². The summed E-state index contributed by atoms with van der Waals surface area (Å²) in [5.41, 5.74) is 5.17. The molecule has 1 aromatic carbocycles. The quantitative estimate of drug-likeness (QED) is 0.664. The van der Waals surface area contributed by atoms with Gasteiger partial charge in [0.1, 0.15) is 6.07 Å². The van der Waals surface area contributed by atoms with Gasteiger partial charge in [0.15, 0.2) is 0 Å². The maximum Gasteiger partial charge on any atom is 0.232 e. The molecule has 0 aliphatic carbocycles. The first-order chi connectivity index (χ1) is 14.1. The van der Waals surface area contributed by atoms with Crippen molar-refractivity contribution in [2.45, 2.75) is 46.0 Å². The zero-order valence-electron chi connectivity index (χ0n) is 17.4. The van der Waals surface area contributed by atoms with E-state index in [1.165, 1.54) is 11.1 Å². The highest BCUT2D eigenvalue weighted by atomic mass is 16.2. The number of benzene rings is 1. The summed E-state index contributed by atoms with van der Waals surface area (Å²) in [6.45, 7) is 7.72. The Balaban J connectivity index is 1.48. The summed E-state index contributed by atoms with van der Waals surface area (Å²) in [5.74, 6) is 0.514. The molecule has 1 N–H and O–H groups in total. The summed E-state index contributed by atoms with van der Waals surface area (Å²) in [6.07, 6.45) is 4.43. The molecule has 1 amide bonds. The molecule has 152 valence electrons. The lowest BCUT2D eigenvalue weighted by molar-refractivity contribution is -0.127. The second-order valence-corrected chi connectivity index (χ2v) is 7.67. The molecule has 6 heteroatoms. The highest BCUT2D eigenvalue weighted by Gasteiger charge is 2.18. The van der Waals surface area contributed by atoms with Crippen LogP contribution in [0.15, 0.2) is 24.3 Å². The summed E-state index contributed by atoms with van der Waals surface area (Å²) in [6, 6.07) is 10.3.